The standard InChI is InChI=1S/C14H23N3O2S/c1-14(2,3)12-15-13(20-16-12)17-9-5-4-6-10(17)7-8-11(18)19/h10H,4-9H2,1-3H3,(H,18,19). The van der Waals surface area contributed by atoms with E-state index in [9.17, 15) is 4.79 Å². The Balaban J connectivity index is 2.11. The molecule has 6 heteroatoms. The lowest BCUT2D eigenvalue weighted by molar-refractivity contribution is -0.137. The van der Waals surface area contributed by atoms with E-state index in [1.807, 2.05) is 0 Å². The first-order valence-electron chi connectivity index (χ1n) is 7.20. The molecule has 0 radical (unpaired) electrons. The fourth-order valence-corrected chi connectivity index (χ4v) is 3.43. The molecule has 5 nitrogen and oxygen atoms in total. The number of rotatable bonds is 4. The van der Waals surface area contributed by atoms with E-state index in [2.05, 4.69) is 35.0 Å². The molecule has 1 aromatic rings. The number of anilines is 1. The Morgan fingerprint density at radius 3 is 2.80 bits per heavy atom. The van der Waals surface area contributed by atoms with E-state index in [0.717, 1.165) is 30.3 Å². The van der Waals surface area contributed by atoms with Gasteiger partial charge in [0.1, 0.15) is 5.82 Å². The molecule has 2 rings (SSSR count). The normalized spacial score (nSPS) is 20.1. The van der Waals surface area contributed by atoms with Crippen molar-refractivity contribution >= 4 is 22.6 Å². The second-order valence-corrected chi connectivity index (χ2v) is 7.16. The summed E-state index contributed by atoms with van der Waals surface area (Å²) in [6, 6.07) is 0.292. The van der Waals surface area contributed by atoms with Crippen LogP contribution in [0.5, 0.6) is 0 Å². The number of carboxylic acids is 1. The van der Waals surface area contributed by atoms with E-state index in [4.69, 9.17) is 5.11 Å². The van der Waals surface area contributed by atoms with Gasteiger partial charge in [0.25, 0.3) is 0 Å². The van der Waals surface area contributed by atoms with Crippen molar-refractivity contribution in [3.05, 3.63) is 5.82 Å². The molecule has 1 saturated heterocycles. The maximum atomic E-state index is 10.8. The molecule has 112 valence electrons. The highest BCUT2D eigenvalue weighted by Crippen LogP contribution is 2.31. The molecular formula is C14H23N3O2S. The average molecular weight is 297 g/mol. The number of aromatic nitrogens is 2. The molecule has 20 heavy (non-hydrogen) atoms. The Labute approximate surface area is 124 Å². The molecule has 0 bridgehead atoms. The van der Waals surface area contributed by atoms with Gasteiger partial charge in [-0.3, -0.25) is 4.79 Å². The number of hydrogen-bond donors (Lipinski definition) is 1. The van der Waals surface area contributed by atoms with E-state index >= 15 is 0 Å². The summed E-state index contributed by atoms with van der Waals surface area (Å²) in [5.74, 6) is 0.156. The van der Waals surface area contributed by atoms with Gasteiger partial charge in [-0.1, -0.05) is 20.8 Å². The van der Waals surface area contributed by atoms with Crippen molar-refractivity contribution in [2.45, 2.75) is 64.3 Å². The highest BCUT2D eigenvalue weighted by molar-refractivity contribution is 7.09. The minimum atomic E-state index is -0.719. The zero-order chi connectivity index (χ0) is 14.8. The predicted molar refractivity (Wildman–Crippen MR) is 80.5 cm³/mol. The van der Waals surface area contributed by atoms with Gasteiger partial charge in [0.15, 0.2) is 0 Å². The third-order valence-electron chi connectivity index (χ3n) is 3.65. The highest BCUT2D eigenvalue weighted by Gasteiger charge is 2.27. The quantitative estimate of drug-likeness (QED) is 0.925. The molecule has 1 aromatic heterocycles. The monoisotopic (exact) mass is 297 g/mol. The Kier molecular flexibility index (Phi) is 4.62. The Bertz CT molecular complexity index is 467. The predicted octanol–water partition coefficient (Wildman–Crippen LogP) is 3.06. The lowest BCUT2D eigenvalue weighted by atomic mass is 9.96. The molecule has 1 unspecified atom stereocenters. The van der Waals surface area contributed by atoms with Crippen molar-refractivity contribution in [3.63, 3.8) is 0 Å². The van der Waals surface area contributed by atoms with Crippen LogP contribution in [-0.4, -0.2) is 33.0 Å². The van der Waals surface area contributed by atoms with Crippen LogP contribution in [0.4, 0.5) is 5.13 Å². The first-order valence-corrected chi connectivity index (χ1v) is 7.98. The fourth-order valence-electron chi connectivity index (χ4n) is 2.48. The van der Waals surface area contributed by atoms with Crippen LogP contribution in [0.1, 0.15) is 58.7 Å². The van der Waals surface area contributed by atoms with Crippen molar-refractivity contribution in [1.82, 2.24) is 9.36 Å². The molecule has 0 spiro atoms. The summed E-state index contributed by atoms with van der Waals surface area (Å²) >= 11 is 1.44. The lowest BCUT2D eigenvalue weighted by Crippen LogP contribution is -2.40. The number of piperidine rings is 1. The molecular weight excluding hydrogens is 274 g/mol. The molecule has 1 aliphatic heterocycles. The van der Waals surface area contributed by atoms with E-state index < -0.39 is 5.97 Å². The second kappa shape index (κ2) is 6.08. The maximum Gasteiger partial charge on any atom is 0.303 e. The van der Waals surface area contributed by atoms with Crippen LogP contribution >= 0.6 is 11.5 Å². The zero-order valence-electron chi connectivity index (χ0n) is 12.4. The Morgan fingerprint density at radius 1 is 1.45 bits per heavy atom. The molecule has 1 N–H and O–H groups in total. The Morgan fingerprint density at radius 2 is 2.20 bits per heavy atom. The van der Waals surface area contributed by atoms with Gasteiger partial charge in [-0.25, -0.2) is 4.98 Å². The molecule has 0 saturated carbocycles. The largest absolute Gasteiger partial charge is 0.481 e. The van der Waals surface area contributed by atoms with Crippen LogP contribution in [-0.2, 0) is 10.2 Å². The summed E-state index contributed by atoms with van der Waals surface area (Å²) in [6.07, 6.45) is 4.29. The fraction of sp³-hybridized carbons (Fsp3) is 0.786. The number of carboxylic acid groups (broad SMARTS) is 1. The smallest absolute Gasteiger partial charge is 0.303 e. The summed E-state index contributed by atoms with van der Waals surface area (Å²) in [5.41, 5.74) is -0.0406. The lowest BCUT2D eigenvalue weighted by Gasteiger charge is -2.35. The van der Waals surface area contributed by atoms with Gasteiger partial charge in [0.2, 0.25) is 5.13 Å². The van der Waals surface area contributed by atoms with Crippen LogP contribution in [0, 0.1) is 0 Å². The van der Waals surface area contributed by atoms with Crippen molar-refractivity contribution in [2.75, 3.05) is 11.4 Å². The van der Waals surface area contributed by atoms with Gasteiger partial charge in [0, 0.05) is 36.0 Å². The minimum Gasteiger partial charge on any atom is -0.481 e. The summed E-state index contributed by atoms with van der Waals surface area (Å²) in [5, 5.41) is 9.82. The van der Waals surface area contributed by atoms with E-state index in [-0.39, 0.29) is 11.8 Å². The van der Waals surface area contributed by atoms with Crippen LogP contribution in [0.2, 0.25) is 0 Å². The molecule has 1 atom stereocenters. The molecule has 0 amide bonds. The van der Waals surface area contributed by atoms with Gasteiger partial charge in [0.05, 0.1) is 0 Å². The Hall–Kier alpha value is -1.17. The average Bonchev–Trinajstić information content (AvgIpc) is 2.86. The topological polar surface area (TPSA) is 66.3 Å². The molecule has 2 heterocycles. The maximum absolute atomic E-state index is 10.8. The number of aliphatic carboxylic acids is 1. The molecule has 1 aliphatic rings. The van der Waals surface area contributed by atoms with Crippen molar-refractivity contribution < 1.29 is 9.90 Å². The zero-order valence-corrected chi connectivity index (χ0v) is 13.2. The summed E-state index contributed by atoms with van der Waals surface area (Å²) < 4.78 is 4.46. The number of nitrogens with zero attached hydrogens (tertiary/aromatic N) is 3. The van der Waals surface area contributed by atoms with Gasteiger partial charge >= 0.3 is 5.97 Å². The highest BCUT2D eigenvalue weighted by atomic mass is 32.1. The number of hydrogen-bond acceptors (Lipinski definition) is 5. The molecule has 0 aromatic carbocycles. The number of carbonyl (C=O) groups is 1. The first kappa shape index (κ1) is 15.2. The summed E-state index contributed by atoms with van der Waals surface area (Å²) in [6.45, 7) is 7.29. The van der Waals surface area contributed by atoms with Gasteiger partial charge in [-0.2, -0.15) is 4.37 Å². The van der Waals surface area contributed by atoms with E-state index in [1.54, 1.807) is 0 Å². The minimum absolute atomic E-state index is 0.0406. The summed E-state index contributed by atoms with van der Waals surface area (Å²) in [4.78, 5) is 17.7. The third-order valence-corrected chi connectivity index (χ3v) is 4.40. The van der Waals surface area contributed by atoms with E-state index in [0.29, 0.717) is 12.5 Å². The second-order valence-electron chi connectivity index (χ2n) is 6.43. The van der Waals surface area contributed by atoms with Crippen LogP contribution in [0.25, 0.3) is 0 Å². The van der Waals surface area contributed by atoms with Crippen LogP contribution in [0.15, 0.2) is 0 Å². The molecule has 1 fully saturated rings. The van der Waals surface area contributed by atoms with E-state index in [1.165, 1.54) is 18.0 Å². The van der Waals surface area contributed by atoms with Crippen LogP contribution < -0.4 is 4.90 Å². The molecule has 0 aliphatic carbocycles. The third kappa shape index (κ3) is 3.69. The first-order chi connectivity index (χ1) is 9.38. The van der Waals surface area contributed by atoms with Gasteiger partial charge < -0.3 is 10.0 Å². The van der Waals surface area contributed by atoms with Crippen molar-refractivity contribution in [3.8, 4) is 0 Å². The van der Waals surface area contributed by atoms with Crippen molar-refractivity contribution in [2.24, 2.45) is 0 Å². The SMILES string of the molecule is CC(C)(C)c1nsc(N2CCCCC2CCC(=O)O)n1. The van der Waals surface area contributed by atoms with Crippen LogP contribution in [0.3, 0.4) is 0 Å². The summed E-state index contributed by atoms with van der Waals surface area (Å²) in [7, 11) is 0. The van der Waals surface area contributed by atoms with Gasteiger partial charge in [-0.15, -0.1) is 0 Å². The van der Waals surface area contributed by atoms with Gasteiger partial charge in [-0.05, 0) is 25.7 Å². The van der Waals surface area contributed by atoms with Crippen molar-refractivity contribution in [1.29, 1.82) is 0 Å².